The topological polar surface area (TPSA) is 169 Å². The van der Waals surface area contributed by atoms with Crippen molar-refractivity contribution in [1.29, 1.82) is 0 Å². The predicted molar refractivity (Wildman–Crippen MR) is 155 cm³/mol. The summed E-state index contributed by atoms with van der Waals surface area (Å²) in [5.74, 6) is -0.482. The number of benzene rings is 1. The Bertz CT molecular complexity index is 812. The third kappa shape index (κ3) is 12.6. The van der Waals surface area contributed by atoms with Crippen molar-refractivity contribution in [2.45, 2.75) is 139 Å². The molecule has 1 aromatic rings. The van der Waals surface area contributed by atoms with Crippen molar-refractivity contribution in [3.63, 3.8) is 0 Å². The highest BCUT2D eigenvalue weighted by atomic mass is 16.7. The Morgan fingerprint density at radius 1 is 0.854 bits per heavy atom. The molecule has 10 heteroatoms. The maximum atomic E-state index is 12.8. The van der Waals surface area contributed by atoms with Crippen molar-refractivity contribution >= 4 is 5.91 Å². The molecule has 0 bridgehead atoms. The van der Waals surface area contributed by atoms with E-state index in [-0.39, 0.29) is 6.61 Å². The van der Waals surface area contributed by atoms with E-state index >= 15 is 0 Å². The van der Waals surface area contributed by atoms with Gasteiger partial charge in [-0.25, -0.2) is 0 Å². The van der Waals surface area contributed by atoms with Gasteiger partial charge in [-0.15, -0.1) is 0 Å². The summed E-state index contributed by atoms with van der Waals surface area (Å²) >= 11 is 0. The van der Waals surface area contributed by atoms with E-state index in [0.29, 0.717) is 12.0 Å². The van der Waals surface area contributed by atoms with Gasteiger partial charge in [0.2, 0.25) is 0 Å². The molecule has 1 aliphatic heterocycles. The lowest BCUT2D eigenvalue weighted by atomic mass is 9.98. The molecular formula is C31H53NO9. The molecule has 1 aliphatic rings. The van der Waals surface area contributed by atoms with Gasteiger partial charge >= 0.3 is 0 Å². The first-order valence-corrected chi connectivity index (χ1v) is 15.4. The first kappa shape index (κ1) is 35.6. The Morgan fingerprint density at radius 2 is 1.41 bits per heavy atom. The fraction of sp³-hybridized carbons (Fsp3) is 0.774. The summed E-state index contributed by atoms with van der Waals surface area (Å²) < 4.78 is 11.0. The summed E-state index contributed by atoms with van der Waals surface area (Å²) in [4.78, 5) is 12.8. The Labute approximate surface area is 244 Å². The van der Waals surface area contributed by atoms with Gasteiger partial charge < -0.3 is 45.4 Å². The van der Waals surface area contributed by atoms with Gasteiger partial charge in [0.1, 0.15) is 30.5 Å². The summed E-state index contributed by atoms with van der Waals surface area (Å²) in [6.07, 6.45) is 4.67. The molecule has 10 nitrogen and oxygen atoms in total. The molecule has 0 aliphatic carbocycles. The van der Waals surface area contributed by atoms with Gasteiger partial charge in [-0.1, -0.05) is 102 Å². The van der Waals surface area contributed by atoms with E-state index in [1.165, 1.54) is 51.4 Å². The number of unbranched alkanes of at least 4 members (excludes halogenated alkanes) is 11. The third-order valence-electron chi connectivity index (χ3n) is 7.80. The Morgan fingerprint density at radius 3 is 1.98 bits per heavy atom. The minimum atomic E-state index is -1.62. The number of carbonyl (C=O) groups excluding carboxylic acids is 1. The molecule has 1 saturated heterocycles. The van der Waals surface area contributed by atoms with Crippen LogP contribution in [0, 0.1) is 0 Å². The molecule has 0 saturated carbocycles. The fourth-order valence-electron chi connectivity index (χ4n) is 5.10. The normalized spacial score (nSPS) is 25.0. The molecule has 2 rings (SSSR count). The number of nitrogens with one attached hydrogen (secondary N) is 1. The highest BCUT2D eigenvalue weighted by Gasteiger charge is 2.44. The molecule has 1 aromatic carbocycles. The molecule has 1 fully saturated rings. The minimum Gasteiger partial charge on any atom is -0.394 e. The quantitative estimate of drug-likeness (QED) is 0.107. The van der Waals surface area contributed by atoms with Crippen LogP contribution >= 0.6 is 0 Å². The van der Waals surface area contributed by atoms with Gasteiger partial charge in [0.05, 0.1) is 25.4 Å². The van der Waals surface area contributed by atoms with Crippen molar-refractivity contribution in [1.82, 2.24) is 5.32 Å². The number of rotatable bonds is 21. The monoisotopic (exact) mass is 583 g/mol. The van der Waals surface area contributed by atoms with Gasteiger partial charge in [0, 0.05) is 5.56 Å². The second kappa shape index (κ2) is 20.3. The molecule has 0 radical (unpaired) electrons. The van der Waals surface area contributed by atoms with Crippen molar-refractivity contribution in [2.24, 2.45) is 0 Å². The second-order valence-electron chi connectivity index (χ2n) is 11.2. The van der Waals surface area contributed by atoms with Crippen LogP contribution < -0.4 is 5.32 Å². The number of carbonyl (C=O) groups is 1. The van der Waals surface area contributed by atoms with E-state index < -0.39 is 61.5 Å². The van der Waals surface area contributed by atoms with Crippen LogP contribution in [0.15, 0.2) is 30.3 Å². The van der Waals surface area contributed by atoms with Crippen LogP contribution in [-0.4, -0.2) is 98.7 Å². The molecular weight excluding hydrogens is 530 g/mol. The van der Waals surface area contributed by atoms with E-state index in [1.807, 2.05) is 0 Å². The van der Waals surface area contributed by atoms with Crippen LogP contribution in [-0.2, 0) is 9.47 Å². The second-order valence-corrected chi connectivity index (χ2v) is 11.2. The molecule has 41 heavy (non-hydrogen) atoms. The van der Waals surface area contributed by atoms with E-state index in [9.17, 15) is 35.4 Å². The maximum Gasteiger partial charge on any atom is 0.251 e. The number of aliphatic hydroxyl groups is 6. The first-order chi connectivity index (χ1) is 19.8. The van der Waals surface area contributed by atoms with Gasteiger partial charge in [-0.2, -0.15) is 0 Å². The number of hydrogen-bond acceptors (Lipinski definition) is 9. The lowest BCUT2D eigenvalue weighted by Crippen LogP contribution is -2.60. The first-order valence-electron chi connectivity index (χ1n) is 15.4. The van der Waals surface area contributed by atoms with Crippen LogP contribution in [0.3, 0.4) is 0 Å². The molecule has 1 amide bonds. The van der Waals surface area contributed by atoms with Gasteiger partial charge in [-0.05, 0) is 18.6 Å². The van der Waals surface area contributed by atoms with Crippen LogP contribution in [0.4, 0.5) is 0 Å². The maximum absolute atomic E-state index is 12.8. The number of hydrogen-bond donors (Lipinski definition) is 7. The molecule has 0 unspecified atom stereocenters. The highest BCUT2D eigenvalue weighted by Crippen LogP contribution is 2.23. The molecule has 236 valence electrons. The Balaban J connectivity index is 1.83. The molecule has 7 N–H and O–H groups in total. The molecule has 0 spiro atoms. The minimum absolute atomic E-state index is 0.344. The molecule has 0 aromatic heterocycles. The van der Waals surface area contributed by atoms with Crippen LogP contribution in [0.25, 0.3) is 0 Å². The Hall–Kier alpha value is -1.63. The zero-order valence-electron chi connectivity index (χ0n) is 24.5. The van der Waals surface area contributed by atoms with Crippen LogP contribution in [0.5, 0.6) is 0 Å². The zero-order valence-corrected chi connectivity index (χ0v) is 24.5. The Kier molecular flexibility index (Phi) is 17.6. The average molecular weight is 584 g/mol. The van der Waals surface area contributed by atoms with Gasteiger partial charge in [-0.3, -0.25) is 4.79 Å². The predicted octanol–water partition coefficient (Wildman–Crippen LogP) is 2.41. The SMILES string of the molecule is CCCCCCCCCCCCCC[C@@H](O)[C@@H](O)[C@H](CO[C@H]1O[C@H](CO)[C@H](O)[C@H](O)[C@H]1O)NC(=O)c1ccccc1. The standard InChI is InChI=1S/C31H53NO9/c1-2-3-4-5-6-7-8-9-10-11-12-16-19-24(34)26(35)23(32-30(39)22-17-14-13-15-18-22)21-40-31-29(38)28(37)27(36)25(20-33)41-31/h13-15,17-18,23-29,31,33-38H,2-12,16,19-21H2,1H3,(H,32,39)/t23-,24+,25+,26-,27-,28-,29+,31-/m0/s1. The lowest BCUT2D eigenvalue weighted by Gasteiger charge is -2.40. The third-order valence-corrected chi connectivity index (χ3v) is 7.80. The fourth-order valence-corrected chi connectivity index (χ4v) is 5.10. The zero-order chi connectivity index (χ0) is 30.0. The van der Waals surface area contributed by atoms with Crippen LogP contribution in [0.2, 0.25) is 0 Å². The van der Waals surface area contributed by atoms with E-state index in [1.54, 1.807) is 30.3 Å². The van der Waals surface area contributed by atoms with Crippen molar-refractivity contribution in [3.05, 3.63) is 35.9 Å². The summed E-state index contributed by atoms with van der Waals surface area (Å²) in [6.45, 7) is 1.25. The number of aliphatic hydroxyl groups excluding tert-OH is 6. The largest absolute Gasteiger partial charge is 0.394 e. The summed E-state index contributed by atoms with van der Waals surface area (Å²) in [5.41, 5.74) is 0.355. The summed E-state index contributed by atoms with van der Waals surface area (Å²) in [6, 6.07) is 7.33. The molecule has 1 heterocycles. The van der Waals surface area contributed by atoms with E-state index in [0.717, 1.165) is 25.7 Å². The molecule has 8 atom stereocenters. The highest BCUT2D eigenvalue weighted by molar-refractivity contribution is 5.94. The van der Waals surface area contributed by atoms with Crippen molar-refractivity contribution in [3.8, 4) is 0 Å². The average Bonchev–Trinajstić information content (AvgIpc) is 2.99. The summed E-state index contributed by atoms with van der Waals surface area (Å²) in [5, 5.41) is 64.1. The lowest BCUT2D eigenvalue weighted by molar-refractivity contribution is -0.303. The van der Waals surface area contributed by atoms with E-state index in [4.69, 9.17) is 9.47 Å². The van der Waals surface area contributed by atoms with Crippen molar-refractivity contribution < 1.29 is 44.9 Å². The van der Waals surface area contributed by atoms with E-state index in [2.05, 4.69) is 12.2 Å². The number of amides is 1. The smallest absolute Gasteiger partial charge is 0.251 e. The van der Waals surface area contributed by atoms with Crippen LogP contribution in [0.1, 0.15) is 101 Å². The number of ether oxygens (including phenoxy) is 2. The van der Waals surface area contributed by atoms with Gasteiger partial charge in [0.25, 0.3) is 5.91 Å². The van der Waals surface area contributed by atoms with Gasteiger partial charge in [0.15, 0.2) is 6.29 Å². The summed E-state index contributed by atoms with van der Waals surface area (Å²) in [7, 11) is 0. The van der Waals surface area contributed by atoms with Crippen molar-refractivity contribution in [2.75, 3.05) is 13.2 Å².